The molecule has 3 heteroatoms. The Morgan fingerprint density at radius 3 is 2.95 bits per heavy atom. The molecule has 0 aliphatic carbocycles. The molecule has 1 fully saturated rings. The van der Waals surface area contributed by atoms with Crippen molar-refractivity contribution in [1.82, 2.24) is 10.2 Å². The Morgan fingerprint density at radius 2 is 2.20 bits per heavy atom. The first-order chi connectivity index (χ1) is 9.69. The smallest absolute Gasteiger partial charge is 0.123 e. The molecule has 1 aromatic carbocycles. The van der Waals surface area contributed by atoms with Gasteiger partial charge in [0, 0.05) is 12.6 Å². The van der Waals surface area contributed by atoms with Gasteiger partial charge in [0.05, 0.1) is 0 Å². The zero-order chi connectivity index (χ0) is 14.4. The summed E-state index contributed by atoms with van der Waals surface area (Å²) in [7, 11) is 0. The van der Waals surface area contributed by atoms with Crippen LogP contribution in [-0.2, 0) is 6.42 Å². The molecule has 1 aliphatic rings. The summed E-state index contributed by atoms with van der Waals surface area (Å²) in [6, 6.07) is 5.82. The maximum Gasteiger partial charge on any atom is 0.123 e. The minimum Gasteiger partial charge on any atom is -0.314 e. The first kappa shape index (κ1) is 15.5. The molecule has 112 valence electrons. The monoisotopic (exact) mass is 278 g/mol. The minimum atomic E-state index is -0.130. The van der Waals surface area contributed by atoms with Crippen molar-refractivity contribution in [2.24, 2.45) is 0 Å². The van der Waals surface area contributed by atoms with Gasteiger partial charge in [-0.3, -0.25) is 0 Å². The van der Waals surface area contributed by atoms with Gasteiger partial charge in [-0.15, -0.1) is 0 Å². The fourth-order valence-electron chi connectivity index (χ4n) is 2.95. The molecule has 1 aromatic rings. The lowest BCUT2D eigenvalue weighted by Gasteiger charge is -2.29. The summed E-state index contributed by atoms with van der Waals surface area (Å²) >= 11 is 0. The van der Waals surface area contributed by atoms with Gasteiger partial charge in [-0.2, -0.15) is 0 Å². The van der Waals surface area contributed by atoms with E-state index in [2.05, 4.69) is 17.1 Å². The average molecular weight is 278 g/mol. The van der Waals surface area contributed by atoms with Gasteiger partial charge in [-0.25, -0.2) is 4.39 Å². The van der Waals surface area contributed by atoms with E-state index >= 15 is 0 Å². The summed E-state index contributed by atoms with van der Waals surface area (Å²) < 4.78 is 13.1. The minimum absolute atomic E-state index is 0.130. The number of halogens is 1. The van der Waals surface area contributed by atoms with Crippen molar-refractivity contribution in [2.45, 2.75) is 45.6 Å². The summed E-state index contributed by atoms with van der Waals surface area (Å²) in [4.78, 5) is 2.56. The number of benzene rings is 1. The van der Waals surface area contributed by atoms with Crippen LogP contribution >= 0.6 is 0 Å². The van der Waals surface area contributed by atoms with Gasteiger partial charge in [0.1, 0.15) is 5.82 Å². The Kier molecular flexibility index (Phi) is 5.99. The van der Waals surface area contributed by atoms with E-state index in [0.717, 1.165) is 25.1 Å². The third kappa shape index (κ3) is 4.57. The molecule has 0 amide bonds. The molecule has 20 heavy (non-hydrogen) atoms. The number of rotatable bonds is 4. The molecule has 1 unspecified atom stereocenters. The first-order valence-corrected chi connectivity index (χ1v) is 7.90. The molecular weight excluding hydrogens is 251 g/mol. The highest BCUT2D eigenvalue weighted by Gasteiger charge is 2.13. The number of aryl methyl sites for hydroxylation is 1. The normalized spacial score (nSPS) is 21.4. The van der Waals surface area contributed by atoms with E-state index in [-0.39, 0.29) is 5.82 Å². The predicted octanol–water partition coefficient (Wildman–Crippen LogP) is 3.14. The van der Waals surface area contributed by atoms with Crippen LogP contribution in [0.2, 0.25) is 0 Å². The number of hydrogen-bond acceptors (Lipinski definition) is 2. The Balaban J connectivity index is 1.85. The Morgan fingerprint density at radius 1 is 1.35 bits per heavy atom. The SMILES string of the molecule is CCC1CCN(CCc2ccc(F)cc2C)CCCN1. The molecule has 2 rings (SSSR count). The van der Waals surface area contributed by atoms with Crippen LogP contribution < -0.4 is 5.32 Å². The molecule has 1 N–H and O–H groups in total. The van der Waals surface area contributed by atoms with E-state index in [9.17, 15) is 4.39 Å². The van der Waals surface area contributed by atoms with Gasteiger partial charge in [0.2, 0.25) is 0 Å². The lowest BCUT2D eigenvalue weighted by atomic mass is 10.0. The summed E-state index contributed by atoms with van der Waals surface area (Å²) in [6.45, 7) is 8.82. The third-order valence-electron chi connectivity index (χ3n) is 4.37. The van der Waals surface area contributed by atoms with E-state index in [4.69, 9.17) is 0 Å². The van der Waals surface area contributed by atoms with Gasteiger partial charge in [-0.05, 0) is 75.5 Å². The van der Waals surface area contributed by atoms with Crippen molar-refractivity contribution >= 4 is 0 Å². The van der Waals surface area contributed by atoms with E-state index in [0.29, 0.717) is 6.04 Å². The van der Waals surface area contributed by atoms with E-state index in [1.165, 1.54) is 37.9 Å². The van der Waals surface area contributed by atoms with Crippen LogP contribution in [0.5, 0.6) is 0 Å². The van der Waals surface area contributed by atoms with Crippen LogP contribution in [0, 0.1) is 12.7 Å². The van der Waals surface area contributed by atoms with Crippen LogP contribution in [0.4, 0.5) is 4.39 Å². The zero-order valence-corrected chi connectivity index (χ0v) is 12.8. The molecule has 1 atom stereocenters. The Bertz CT molecular complexity index is 419. The Labute approximate surface area is 122 Å². The van der Waals surface area contributed by atoms with E-state index in [1.54, 1.807) is 12.1 Å². The summed E-state index contributed by atoms with van der Waals surface area (Å²) in [5.74, 6) is -0.130. The first-order valence-electron chi connectivity index (χ1n) is 7.90. The standard InChI is InChI=1S/C17H27FN2/c1-3-17-8-12-20(10-4-9-19-17)11-7-15-5-6-16(18)13-14(15)2/h5-6,13,17,19H,3-4,7-12H2,1-2H3. The number of nitrogens with zero attached hydrogens (tertiary/aromatic N) is 1. The van der Waals surface area contributed by atoms with Crippen LogP contribution in [0.25, 0.3) is 0 Å². The second-order valence-electron chi connectivity index (χ2n) is 5.86. The highest BCUT2D eigenvalue weighted by Crippen LogP contribution is 2.12. The van der Waals surface area contributed by atoms with Crippen LogP contribution in [-0.4, -0.2) is 37.1 Å². The molecule has 1 heterocycles. The summed E-state index contributed by atoms with van der Waals surface area (Å²) in [5, 5.41) is 3.61. The molecule has 0 spiro atoms. The number of nitrogens with one attached hydrogen (secondary N) is 1. The van der Waals surface area contributed by atoms with Crippen molar-refractivity contribution in [3.05, 3.63) is 35.1 Å². The van der Waals surface area contributed by atoms with E-state index < -0.39 is 0 Å². The van der Waals surface area contributed by atoms with Crippen LogP contribution in [0.3, 0.4) is 0 Å². The van der Waals surface area contributed by atoms with Crippen molar-refractivity contribution in [2.75, 3.05) is 26.2 Å². The quantitative estimate of drug-likeness (QED) is 0.910. The van der Waals surface area contributed by atoms with Crippen LogP contribution in [0.15, 0.2) is 18.2 Å². The third-order valence-corrected chi connectivity index (χ3v) is 4.37. The average Bonchev–Trinajstić information content (AvgIpc) is 2.40. The highest BCUT2D eigenvalue weighted by molar-refractivity contribution is 5.26. The molecule has 0 saturated carbocycles. The zero-order valence-electron chi connectivity index (χ0n) is 12.8. The van der Waals surface area contributed by atoms with Gasteiger partial charge in [0.15, 0.2) is 0 Å². The van der Waals surface area contributed by atoms with Crippen molar-refractivity contribution in [1.29, 1.82) is 0 Å². The molecule has 1 saturated heterocycles. The molecule has 0 aromatic heterocycles. The second-order valence-corrected chi connectivity index (χ2v) is 5.86. The molecule has 1 aliphatic heterocycles. The van der Waals surface area contributed by atoms with Gasteiger partial charge >= 0.3 is 0 Å². The summed E-state index contributed by atoms with van der Waals surface area (Å²) in [6.07, 6.45) is 4.69. The predicted molar refractivity (Wildman–Crippen MR) is 82.6 cm³/mol. The molecule has 0 radical (unpaired) electrons. The maximum atomic E-state index is 13.1. The molecule has 0 bridgehead atoms. The van der Waals surface area contributed by atoms with Crippen molar-refractivity contribution < 1.29 is 4.39 Å². The fraction of sp³-hybridized carbons (Fsp3) is 0.647. The van der Waals surface area contributed by atoms with Gasteiger partial charge in [-0.1, -0.05) is 13.0 Å². The fourth-order valence-corrected chi connectivity index (χ4v) is 2.95. The second kappa shape index (κ2) is 7.75. The lowest BCUT2D eigenvalue weighted by molar-refractivity contribution is 0.233. The largest absolute Gasteiger partial charge is 0.314 e. The van der Waals surface area contributed by atoms with E-state index in [1.807, 2.05) is 13.0 Å². The van der Waals surface area contributed by atoms with Gasteiger partial charge in [0.25, 0.3) is 0 Å². The molecule has 2 nitrogen and oxygen atoms in total. The maximum absolute atomic E-state index is 13.1. The van der Waals surface area contributed by atoms with Gasteiger partial charge < -0.3 is 10.2 Å². The summed E-state index contributed by atoms with van der Waals surface area (Å²) in [5.41, 5.74) is 2.35. The van der Waals surface area contributed by atoms with Crippen molar-refractivity contribution in [3.63, 3.8) is 0 Å². The lowest BCUT2D eigenvalue weighted by Crippen LogP contribution is -2.40. The molecular formula is C17H27FN2. The van der Waals surface area contributed by atoms with Crippen LogP contribution in [0.1, 0.15) is 37.3 Å². The van der Waals surface area contributed by atoms with Crippen molar-refractivity contribution in [3.8, 4) is 0 Å². The Hall–Kier alpha value is -0.930. The number of hydrogen-bond donors (Lipinski definition) is 1. The topological polar surface area (TPSA) is 15.3 Å². The highest BCUT2D eigenvalue weighted by atomic mass is 19.1.